The molecule has 2 rings (SSSR count). The minimum atomic E-state index is -4.46. The first-order valence-electron chi connectivity index (χ1n) is 8.32. The molecule has 0 saturated heterocycles. The van der Waals surface area contributed by atoms with E-state index in [4.69, 9.17) is 21.1 Å². The lowest BCUT2D eigenvalue weighted by Gasteiger charge is -2.38. The van der Waals surface area contributed by atoms with E-state index in [0.29, 0.717) is 16.1 Å². The van der Waals surface area contributed by atoms with Crippen molar-refractivity contribution in [3.63, 3.8) is 0 Å². The molecule has 0 radical (unpaired) electrons. The van der Waals surface area contributed by atoms with Crippen LogP contribution in [0.25, 0.3) is 0 Å². The zero-order valence-corrected chi connectivity index (χ0v) is 15.2. The maximum absolute atomic E-state index is 13.1. The van der Waals surface area contributed by atoms with Crippen molar-refractivity contribution in [2.24, 2.45) is 5.41 Å². The Morgan fingerprint density at radius 1 is 1.19 bits per heavy atom. The van der Waals surface area contributed by atoms with Crippen LogP contribution in [0.3, 0.4) is 0 Å². The van der Waals surface area contributed by atoms with Gasteiger partial charge in [0.1, 0.15) is 0 Å². The van der Waals surface area contributed by atoms with E-state index < -0.39 is 35.9 Å². The molecule has 1 unspecified atom stereocenters. The second-order valence-corrected chi connectivity index (χ2v) is 6.70. The van der Waals surface area contributed by atoms with Crippen molar-refractivity contribution < 1.29 is 32.2 Å². The Kier molecular flexibility index (Phi) is 6.21. The highest BCUT2D eigenvalue weighted by atomic mass is 35.5. The van der Waals surface area contributed by atoms with E-state index in [2.05, 4.69) is 0 Å². The fourth-order valence-electron chi connectivity index (χ4n) is 3.43. The highest BCUT2D eigenvalue weighted by Gasteiger charge is 2.54. The molecule has 0 spiro atoms. The quantitative estimate of drug-likeness (QED) is 0.549. The van der Waals surface area contributed by atoms with E-state index in [1.54, 1.807) is 19.9 Å². The molecule has 1 aromatic rings. The first-order valence-corrected chi connectivity index (χ1v) is 8.70. The van der Waals surface area contributed by atoms with Gasteiger partial charge in [-0.05, 0) is 55.9 Å². The van der Waals surface area contributed by atoms with Crippen LogP contribution in [-0.4, -0.2) is 31.3 Å². The van der Waals surface area contributed by atoms with E-state index >= 15 is 0 Å². The number of hydrogen-bond donors (Lipinski definition) is 0. The van der Waals surface area contributed by atoms with Crippen molar-refractivity contribution in [1.82, 2.24) is 0 Å². The van der Waals surface area contributed by atoms with E-state index in [-0.39, 0.29) is 26.1 Å². The van der Waals surface area contributed by atoms with Crippen LogP contribution in [0, 0.1) is 5.41 Å². The van der Waals surface area contributed by atoms with Gasteiger partial charge >= 0.3 is 18.1 Å². The smallest absolute Gasteiger partial charge is 0.389 e. The average Bonchev–Trinajstić information content (AvgIpc) is 2.54. The molecule has 0 heterocycles. The molecule has 0 amide bonds. The van der Waals surface area contributed by atoms with Gasteiger partial charge in [-0.1, -0.05) is 17.7 Å². The Labute approximate surface area is 154 Å². The minimum Gasteiger partial charge on any atom is -0.465 e. The summed E-state index contributed by atoms with van der Waals surface area (Å²) in [5, 5.41) is 0.302. The SMILES string of the molecule is CCOC(=O)C1(C(=O)OCC)Cc2ccc(Cl)cc2C(CC(F)(F)F)C1. The summed E-state index contributed by atoms with van der Waals surface area (Å²) in [5.74, 6) is -2.80. The molecule has 144 valence electrons. The molecule has 4 nitrogen and oxygen atoms in total. The third kappa shape index (κ3) is 4.31. The highest BCUT2D eigenvalue weighted by Crippen LogP contribution is 2.48. The summed E-state index contributed by atoms with van der Waals surface area (Å²) in [4.78, 5) is 25.2. The van der Waals surface area contributed by atoms with Crippen molar-refractivity contribution >= 4 is 23.5 Å². The summed E-state index contributed by atoms with van der Waals surface area (Å²) >= 11 is 5.94. The Balaban J connectivity index is 2.55. The number of fused-ring (bicyclic) bond motifs is 1. The van der Waals surface area contributed by atoms with Crippen molar-refractivity contribution in [2.75, 3.05) is 13.2 Å². The predicted molar refractivity (Wildman–Crippen MR) is 88.9 cm³/mol. The van der Waals surface area contributed by atoms with Crippen LogP contribution < -0.4 is 0 Å². The summed E-state index contributed by atoms with van der Waals surface area (Å²) in [6, 6.07) is 4.54. The number of benzene rings is 1. The number of esters is 2. The molecule has 0 saturated carbocycles. The number of carbonyl (C=O) groups excluding carboxylic acids is 2. The van der Waals surface area contributed by atoms with Crippen LogP contribution in [0.5, 0.6) is 0 Å². The second kappa shape index (κ2) is 7.86. The Hall–Kier alpha value is -1.76. The normalized spacial score (nSPS) is 18.8. The van der Waals surface area contributed by atoms with Gasteiger partial charge in [0.2, 0.25) is 0 Å². The molecule has 0 aliphatic heterocycles. The summed E-state index contributed by atoms with van der Waals surface area (Å²) in [6.45, 7) is 3.16. The van der Waals surface area contributed by atoms with Gasteiger partial charge in [0.05, 0.1) is 19.6 Å². The molecule has 8 heteroatoms. The summed E-state index contributed by atoms with van der Waals surface area (Å²) in [7, 11) is 0. The zero-order valence-electron chi connectivity index (χ0n) is 14.5. The maximum Gasteiger partial charge on any atom is 0.389 e. The third-order valence-electron chi connectivity index (χ3n) is 4.45. The first kappa shape index (κ1) is 20.6. The van der Waals surface area contributed by atoms with Gasteiger partial charge in [0.25, 0.3) is 0 Å². The van der Waals surface area contributed by atoms with Crippen molar-refractivity contribution in [3.05, 3.63) is 34.3 Å². The summed E-state index contributed by atoms with van der Waals surface area (Å²) < 4.78 is 49.4. The van der Waals surface area contributed by atoms with Crippen LogP contribution in [-0.2, 0) is 25.5 Å². The van der Waals surface area contributed by atoms with Gasteiger partial charge < -0.3 is 9.47 Å². The van der Waals surface area contributed by atoms with Crippen molar-refractivity contribution in [2.45, 2.75) is 45.2 Å². The fraction of sp³-hybridized carbons (Fsp3) is 0.556. The summed E-state index contributed by atoms with van der Waals surface area (Å²) in [5.41, 5.74) is -0.919. The molecule has 1 aromatic carbocycles. The fourth-order valence-corrected chi connectivity index (χ4v) is 3.61. The van der Waals surface area contributed by atoms with Gasteiger partial charge in [-0.25, -0.2) is 0 Å². The lowest BCUT2D eigenvalue weighted by atomic mass is 9.66. The van der Waals surface area contributed by atoms with Crippen molar-refractivity contribution in [1.29, 1.82) is 0 Å². The van der Waals surface area contributed by atoms with Gasteiger partial charge in [-0.15, -0.1) is 0 Å². The van der Waals surface area contributed by atoms with Gasteiger partial charge in [0.15, 0.2) is 5.41 Å². The average molecular weight is 393 g/mol. The standard InChI is InChI=1S/C18H20ClF3O4/c1-3-25-15(23)17(16(24)26-4-2)8-11-5-6-13(19)7-14(11)12(9-17)10-18(20,21)22/h5-7,12H,3-4,8-10H2,1-2H3. The number of alkyl halides is 3. The molecule has 0 fully saturated rings. The van der Waals surface area contributed by atoms with Crippen LogP contribution in [0.2, 0.25) is 5.02 Å². The predicted octanol–water partition coefficient (Wildman–Crippen LogP) is 4.43. The molecular formula is C18H20ClF3O4. The summed E-state index contributed by atoms with van der Waals surface area (Å²) in [6.07, 6.45) is -6.04. The van der Waals surface area contributed by atoms with Crippen molar-refractivity contribution in [3.8, 4) is 0 Å². The Morgan fingerprint density at radius 2 is 1.77 bits per heavy atom. The van der Waals surface area contributed by atoms with Crippen LogP contribution in [0.4, 0.5) is 13.2 Å². The van der Waals surface area contributed by atoms with Gasteiger partial charge in [-0.3, -0.25) is 9.59 Å². The zero-order chi connectivity index (χ0) is 19.5. The first-order chi connectivity index (χ1) is 12.1. The van der Waals surface area contributed by atoms with Gasteiger partial charge in [0, 0.05) is 5.02 Å². The van der Waals surface area contributed by atoms with Crippen LogP contribution in [0.15, 0.2) is 18.2 Å². The molecule has 1 aliphatic rings. The molecular weight excluding hydrogens is 373 g/mol. The number of carbonyl (C=O) groups is 2. The Morgan fingerprint density at radius 3 is 2.27 bits per heavy atom. The number of halogens is 4. The van der Waals surface area contributed by atoms with E-state index in [9.17, 15) is 22.8 Å². The molecule has 0 N–H and O–H groups in total. The molecule has 26 heavy (non-hydrogen) atoms. The molecule has 1 aliphatic carbocycles. The maximum atomic E-state index is 13.1. The number of rotatable bonds is 5. The number of hydrogen-bond acceptors (Lipinski definition) is 4. The molecule has 1 atom stereocenters. The largest absolute Gasteiger partial charge is 0.465 e. The van der Waals surface area contributed by atoms with E-state index in [1.807, 2.05) is 0 Å². The molecule has 0 aromatic heterocycles. The second-order valence-electron chi connectivity index (χ2n) is 6.26. The van der Waals surface area contributed by atoms with E-state index in [0.717, 1.165) is 0 Å². The van der Waals surface area contributed by atoms with Gasteiger partial charge in [-0.2, -0.15) is 13.2 Å². The van der Waals surface area contributed by atoms with Crippen LogP contribution in [0.1, 0.15) is 43.7 Å². The molecule has 0 bridgehead atoms. The number of ether oxygens (including phenoxy) is 2. The lowest BCUT2D eigenvalue weighted by Crippen LogP contribution is -2.47. The monoisotopic (exact) mass is 392 g/mol. The highest BCUT2D eigenvalue weighted by molar-refractivity contribution is 6.30. The Bertz CT molecular complexity index is 670. The minimum absolute atomic E-state index is 0.0113. The topological polar surface area (TPSA) is 52.6 Å². The lowest BCUT2D eigenvalue weighted by molar-refractivity contribution is -0.176. The van der Waals surface area contributed by atoms with E-state index in [1.165, 1.54) is 12.1 Å². The third-order valence-corrected chi connectivity index (χ3v) is 4.68. The van der Waals surface area contributed by atoms with Crippen LogP contribution >= 0.6 is 11.6 Å².